The molecule has 0 saturated heterocycles. The monoisotopic (exact) mass is 395 g/mol. The molecule has 0 radical (unpaired) electrons. The largest absolute Gasteiger partial charge is 0.488 e. The zero-order valence-corrected chi connectivity index (χ0v) is 16.6. The average molecular weight is 395 g/mol. The van der Waals surface area contributed by atoms with E-state index in [0.717, 1.165) is 28.0 Å². The molecule has 0 fully saturated rings. The first kappa shape index (κ1) is 19.4. The summed E-state index contributed by atoms with van der Waals surface area (Å²) >= 11 is 0. The van der Waals surface area contributed by atoms with E-state index in [0.29, 0.717) is 17.9 Å². The molecule has 1 heterocycles. The van der Waals surface area contributed by atoms with E-state index in [2.05, 4.69) is 4.98 Å². The third kappa shape index (κ3) is 4.73. The number of benzene rings is 3. The predicted molar refractivity (Wildman–Crippen MR) is 119 cm³/mol. The first-order valence-corrected chi connectivity index (χ1v) is 9.71. The summed E-state index contributed by atoms with van der Waals surface area (Å²) in [5.74, 6) is 0.899. The van der Waals surface area contributed by atoms with Crippen LogP contribution in [0.15, 0.2) is 84.9 Å². The Morgan fingerprint density at radius 2 is 1.60 bits per heavy atom. The Bertz CT molecular complexity index is 1200. The highest BCUT2D eigenvalue weighted by Crippen LogP contribution is 2.26. The van der Waals surface area contributed by atoms with Gasteiger partial charge in [0.25, 0.3) is 0 Å². The van der Waals surface area contributed by atoms with Crippen LogP contribution >= 0.6 is 0 Å². The topological polar surface area (TPSA) is 48.4 Å². The minimum Gasteiger partial charge on any atom is -0.488 e. The van der Waals surface area contributed by atoms with E-state index in [1.807, 2.05) is 91.0 Å². The Morgan fingerprint density at radius 3 is 2.43 bits per heavy atom. The van der Waals surface area contributed by atoms with Crippen molar-refractivity contribution < 1.29 is 14.3 Å². The third-order valence-electron chi connectivity index (χ3n) is 4.55. The van der Waals surface area contributed by atoms with Crippen LogP contribution in [0.4, 0.5) is 0 Å². The second-order valence-corrected chi connectivity index (χ2v) is 6.80. The second kappa shape index (κ2) is 9.05. The Labute approximate surface area is 175 Å². The predicted octanol–water partition coefficient (Wildman–Crippen LogP) is 5.91. The van der Waals surface area contributed by atoms with Gasteiger partial charge in [0.1, 0.15) is 17.9 Å². The van der Waals surface area contributed by atoms with Crippen molar-refractivity contribution in [1.82, 2.24) is 4.98 Å². The van der Waals surface area contributed by atoms with Gasteiger partial charge in [0.05, 0.1) is 5.69 Å². The molecule has 0 atom stereocenters. The van der Waals surface area contributed by atoms with E-state index in [1.165, 1.54) is 6.92 Å². The molecule has 4 nitrogen and oxygen atoms in total. The van der Waals surface area contributed by atoms with E-state index in [4.69, 9.17) is 9.47 Å². The molecule has 0 aliphatic heterocycles. The lowest BCUT2D eigenvalue weighted by atomic mass is 10.1. The van der Waals surface area contributed by atoms with Crippen LogP contribution in [-0.2, 0) is 11.4 Å². The molecule has 1 aromatic heterocycles. The highest BCUT2D eigenvalue weighted by Gasteiger charge is 2.07. The third-order valence-corrected chi connectivity index (χ3v) is 4.55. The molecule has 0 amide bonds. The van der Waals surface area contributed by atoms with Crippen molar-refractivity contribution >= 4 is 29.0 Å². The van der Waals surface area contributed by atoms with E-state index in [-0.39, 0.29) is 5.97 Å². The molecular formula is C26H21NO3. The summed E-state index contributed by atoms with van der Waals surface area (Å²) < 4.78 is 11.3. The fourth-order valence-corrected chi connectivity index (χ4v) is 3.13. The van der Waals surface area contributed by atoms with E-state index in [9.17, 15) is 4.79 Å². The van der Waals surface area contributed by atoms with Crippen LogP contribution in [0.3, 0.4) is 0 Å². The van der Waals surface area contributed by atoms with Crippen molar-refractivity contribution in [3.8, 4) is 11.5 Å². The van der Waals surface area contributed by atoms with Gasteiger partial charge in [0, 0.05) is 17.9 Å². The molecule has 4 heteroatoms. The summed E-state index contributed by atoms with van der Waals surface area (Å²) in [6, 6.07) is 27.4. The summed E-state index contributed by atoms with van der Waals surface area (Å²) in [5, 5.41) is 0.914. The Hall–Kier alpha value is -3.92. The molecule has 0 aliphatic carbocycles. The minimum absolute atomic E-state index is 0.366. The molecule has 148 valence electrons. The van der Waals surface area contributed by atoms with Gasteiger partial charge in [-0.2, -0.15) is 0 Å². The second-order valence-electron chi connectivity index (χ2n) is 6.80. The fourth-order valence-electron chi connectivity index (χ4n) is 3.13. The number of esters is 1. The van der Waals surface area contributed by atoms with Crippen molar-refractivity contribution in [2.45, 2.75) is 13.5 Å². The van der Waals surface area contributed by atoms with Gasteiger partial charge in [-0.25, -0.2) is 4.98 Å². The number of para-hydroxylation sites is 2. The van der Waals surface area contributed by atoms with Gasteiger partial charge in [-0.05, 0) is 35.9 Å². The van der Waals surface area contributed by atoms with Crippen molar-refractivity contribution in [2.24, 2.45) is 0 Å². The number of nitrogens with zero attached hydrogens (tertiary/aromatic N) is 1. The van der Waals surface area contributed by atoms with Crippen molar-refractivity contribution in [3.05, 3.63) is 102 Å². The maximum atomic E-state index is 11.4. The summed E-state index contributed by atoms with van der Waals surface area (Å²) in [6.45, 7) is 1.89. The molecule has 0 bridgehead atoms. The number of aromatic nitrogens is 1. The van der Waals surface area contributed by atoms with Crippen LogP contribution < -0.4 is 9.47 Å². The summed E-state index contributed by atoms with van der Waals surface area (Å²) in [5.41, 5.74) is 3.50. The Kier molecular flexibility index (Phi) is 5.85. The first-order valence-electron chi connectivity index (χ1n) is 9.71. The van der Waals surface area contributed by atoms with Gasteiger partial charge in [-0.15, -0.1) is 0 Å². The minimum atomic E-state index is -0.366. The molecule has 4 rings (SSSR count). The maximum absolute atomic E-state index is 11.4. The lowest BCUT2D eigenvalue weighted by molar-refractivity contribution is -0.131. The van der Waals surface area contributed by atoms with E-state index >= 15 is 0 Å². The van der Waals surface area contributed by atoms with Crippen LogP contribution in [-0.4, -0.2) is 11.0 Å². The van der Waals surface area contributed by atoms with Gasteiger partial charge in [0.15, 0.2) is 5.75 Å². The van der Waals surface area contributed by atoms with Gasteiger partial charge in [0.2, 0.25) is 0 Å². The molecule has 3 aromatic carbocycles. The average Bonchev–Trinajstić information content (AvgIpc) is 2.77. The smallest absolute Gasteiger partial charge is 0.308 e. The lowest BCUT2D eigenvalue weighted by Gasteiger charge is -2.09. The summed E-state index contributed by atoms with van der Waals surface area (Å²) in [7, 11) is 0. The normalized spacial score (nSPS) is 11.0. The number of fused-ring (bicyclic) bond motifs is 1. The maximum Gasteiger partial charge on any atom is 0.308 e. The molecule has 0 unspecified atom stereocenters. The molecule has 0 aliphatic rings. The quantitative estimate of drug-likeness (QED) is 0.301. The van der Waals surface area contributed by atoms with Crippen molar-refractivity contribution in [2.75, 3.05) is 0 Å². The molecular weight excluding hydrogens is 374 g/mol. The first-order chi connectivity index (χ1) is 14.7. The van der Waals surface area contributed by atoms with Crippen LogP contribution in [0.5, 0.6) is 11.5 Å². The van der Waals surface area contributed by atoms with E-state index in [1.54, 1.807) is 6.07 Å². The Balaban J connectivity index is 1.58. The van der Waals surface area contributed by atoms with Crippen molar-refractivity contribution in [1.29, 1.82) is 0 Å². The fraction of sp³-hybridized carbons (Fsp3) is 0.0769. The molecule has 0 N–H and O–H groups in total. The molecule has 0 spiro atoms. The lowest BCUT2D eigenvalue weighted by Crippen LogP contribution is -2.02. The number of carbonyl (C=O) groups is 1. The number of hydrogen-bond donors (Lipinski definition) is 0. The molecule has 4 aromatic rings. The number of pyridine rings is 1. The van der Waals surface area contributed by atoms with Gasteiger partial charge in [-0.1, -0.05) is 66.7 Å². The zero-order valence-electron chi connectivity index (χ0n) is 16.6. The number of rotatable bonds is 6. The number of carbonyl (C=O) groups excluding carboxylic acids is 1. The number of ether oxygens (including phenoxy) is 2. The van der Waals surface area contributed by atoms with Crippen LogP contribution in [0.1, 0.15) is 23.7 Å². The summed E-state index contributed by atoms with van der Waals surface area (Å²) in [6.07, 6.45) is 3.90. The Morgan fingerprint density at radius 1 is 0.833 bits per heavy atom. The van der Waals surface area contributed by atoms with Crippen molar-refractivity contribution in [3.63, 3.8) is 0 Å². The highest BCUT2D eigenvalue weighted by atomic mass is 16.5. The molecule has 0 saturated carbocycles. The van der Waals surface area contributed by atoms with Gasteiger partial charge in [-0.3, -0.25) is 4.79 Å². The van der Waals surface area contributed by atoms with Crippen LogP contribution in [0.2, 0.25) is 0 Å². The highest BCUT2D eigenvalue weighted by molar-refractivity contribution is 5.88. The van der Waals surface area contributed by atoms with Crippen LogP contribution in [0.25, 0.3) is 23.1 Å². The van der Waals surface area contributed by atoms with E-state index < -0.39 is 0 Å². The standard InChI is InChI=1S/C26H21NO3/c1-19(28)30-25-13-7-11-22-15-17-23(27-26(22)25)16-14-21-10-5-6-12-24(21)29-18-20-8-3-2-4-9-20/h2-17H,18H2,1H3/b16-14+. The zero-order chi connectivity index (χ0) is 20.8. The SMILES string of the molecule is CC(=O)Oc1cccc2ccc(/C=C/c3ccccc3OCc3ccccc3)nc12. The number of hydrogen-bond acceptors (Lipinski definition) is 4. The van der Waals surface area contributed by atoms with Gasteiger partial charge < -0.3 is 9.47 Å². The van der Waals surface area contributed by atoms with Gasteiger partial charge >= 0.3 is 5.97 Å². The summed E-state index contributed by atoms with van der Waals surface area (Å²) in [4.78, 5) is 16.0. The molecule has 30 heavy (non-hydrogen) atoms. The van der Waals surface area contributed by atoms with Crippen LogP contribution in [0, 0.1) is 0 Å².